The van der Waals surface area contributed by atoms with Crippen molar-refractivity contribution >= 4 is 17.1 Å². The molecular formula is C64H45NO. The van der Waals surface area contributed by atoms with Crippen LogP contribution in [0.5, 0.6) is 11.5 Å². The van der Waals surface area contributed by atoms with Crippen LogP contribution < -0.4 is 9.64 Å². The van der Waals surface area contributed by atoms with E-state index in [2.05, 4.69) is 255 Å². The van der Waals surface area contributed by atoms with Gasteiger partial charge in [-0.3, -0.25) is 0 Å². The van der Waals surface area contributed by atoms with Crippen LogP contribution in [0.1, 0.15) is 47.2 Å². The minimum Gasteiger partial charge on any atom is -0.457 e. The van der Waals surface area contributed by atoms with Crippen LogP contribution >= 0.6 is 0 Å². The topological polar surface area (TPSA) is 12.5 Å². The highest BCUT2D eigenvalue weighted by Gasteiger charge is 2.52. The predicted molar refractivity (Wildman–Crippen MR) is 272 cm³/mol. The summed E-state index contributed by atoms with van der Waals surface area (Å²) < 4.78 is 7.11. The molecule has 1 heterocycles. The molecule has 0 aromatic heterocycles. The van der Waals surface area contributed by atoms with Gasteiger partial charge < -0.3 is 9.64 Å². The summed E-state index contributed by atoms with van der Waals surface area (Å²) in [6.45, 7) is 4.74. The van der Waals surface area contributed by atoms with Gasteiger partial charge in [0.25, 0.3) is 0 Å². The van der Waals surface area contributed by atoms with Crippen molar-refractivity contribution in [3.05, 3.63) is 270 Å². The van der Waals surface area contributed by atoms with E-state index in [1.807, 2.05) is 0 Å². The molecule has 1 atom stereocenters. The van der Waals surface area contributed by atoms with Gasteiger partial charge in [-0.05, 0) is 121 Å². The van der Waals surface area contributed by atoms with E-state index in [0.717, 1.165) is 50.8 Å². The monoisotopic (exact) mass is 843 g/mol. The molecular weight excluding hydrogens is 799 g/mol. The zero-order valence-corrected chi connectivity index (χ0v) is 36.9. The van der Waals surface area contributed by atoms with E-state index < -0.39 is 5.41 Å². The third-order valence-electron chi connectivity index (χ3n) is 14.5. The van der Waals surface area contributed by atoms with Gasteiger partial charge in [-0.1, -0.05) is 202 Å². The number of nitrogens with zero attached hydrogens (tertiary/aromatic N) is 1. The highest BCUT2D eigenvalue weighted by Crippen LogP contribution is 2.64. The van der Waals surface area contributed by atoms with Crippen LogP contribution in [0.2, 0.25) is 0 Å². The Balaban J connectivity index is 1.10. The number of para-hydroxylation sites is 2. The fraction of sp³-hybridized carbons (Fsp3) is 0.0625. The molecule has 0 amide bonds. The molecule has 10 aromatic rings. The SMILES string of the molecule is CC1(C)c2ccccc2-c2ccc(N(c3ccc4c(c3)C3(c5ccccc5Oc5cc(-c6ccccc6)c(-c6ccccc6)cc53)c3ccccc3-4)c3ccccc3-c3ccccc3)cc21. The molecule has 0 N–H and O–H groups in total. The molecule has 0 saturated carbocycles. The zero-order valence-electron chi connectivity index (χ0n) is 36.9. The normalized spacial score (nSPS) is 15.4. The van der Waals surface area contributed by atoms with Crippen LogP contribution in [0.3, 0.4) is 0 Å². The van der Waals surface area contributed by atoms with Crippen LogP contribution in [0.15, 0.2) is 237 Å². The first-order chi connectivity index (χ1) is 32.5. The molecule has 0 radical (unpaired) electrons. The Labute approximate surface area is 386 Å². The molecule has 312 valence electrons. The summed E-state index contributed by atoms with van der Waals surface area (Å²) in [7, 11) is 0. The highest BCUT2D eigenvalue weighted by molar-refractivity contribution is 5.96. The van der Waals surface area contributed by atoms with Crippen molar-refractivity contribution in [3.8, 4) is 67.1 Å². The van der Waals surface area contributed by atoms with Crippen molar-refractivity contribution in [2.24, 2.45) is 0 Å². The molecule has 1 aliphatic heterocycles. The number of anilines is 3. The Morgan fingerprint density at radius 2 is 0.758 bits per heavy atom. The highest BCUT2D eigenvalue weighted by atomic mass is 16.5. The lowest BCUT2D eigenvalue weighted by Crippen LogP contribution is -2.32. The molecule has 66 heavy (non-hydrogen) atoms. The number of hydrogen-bond donors (Lipinski definition) is 0. The van der Waals surface area contributed by atoms with Gasteiger partial charge in [0.2, 0.25) is 0 Å². The molecule has 1 spiro atoms. The number of fused-ring (bicyclic) bond motifs is 12. The van der Waals surface area contributed by atoms with Crippen molar-refractivity contribution in [3.63, 3.8) is 0 Å². The lowest BCUT2D eigenvalue weighted by molar-refractivity contribution is 0.436. The number of benzene rings is 10. The minimum atomic E-state index is -0.697. The van der Waals surface area contributed by atoms with E-state index in [-0.39, 0.29) is 5.41 Å². The zero-order chi connectivity index (χ0) is 44.0. The van der Waals surface area contributed by atoms with E-state index in [1.165, 1.54) is 66.8 Å². The van der Waals surface area contributed by atoms with E-state index >= 15 is 0 Å². The standard InChI is InChI=1S/C64H45NO/c1-63(2)54-29-15-12-27-48(54)50-36-34-45(38-57(50)63)65(60-32-18-14-26-47(60)42-20-6-3-7-21-42)46-35-37-51-49-28-13-16-30-55(49)64(58(51)39-46)56-31-17-19-33-61(56)66-62-41-53(44-24-10-5-11-25-44)52(40-59(62)64)43-22-8-4-9-23-43/h3-41H,1-2H3. The Morgan fingerprint density at radius 1 is 0.303 bits per heavy atom. The van der Waals surface area contributed by atoms with Crippen LogP contribution in [0, 0.1) is 0 Å². The molecule has 13 rings (SSSR count). The summed E-state index contributed by atoms with van der Waals surface area (Å²) in [4.78, 5) is 2.50. The fourth-order valence-corrected chi connectivity index (χ4v) is 11.6. The van der Waals surface area contributed by atoms with Gasteiger partial charge in [0.05, 0.1) is 11.1 Å². The molecule has 1 unspecified atom stereocenters. The summed E-state index contributed by atoms with van der Waals surface area (Å²) in [5.74, 6) is 1.74. The van der Waals surface area contributed by atoms with E-state index in [0.29, 0.717) is 0 Å². The summed E-state index contributed by atoms with van der Waals surface area (Å²) in [5, 5.41) is 0. The lowest BCUT2D eigenvalue weighted by Gasteiger charge is -2.40. The Hall–Kier alpha value is -8.20. The summed E-state index contributed by atoms with van der Waals surface area (Å²) in [5.41, 5.74) is 22.0. The second kappa shape index (κ2) is 14.7. The Kier molecular flexibility index (Phi) is 8.51. The van der Waals surface area contributed by atoms with E-state index in [1.54, 1.807) is 0 Å². The Bertz CT molecular complexity index is 3540. The van der Waals surface area contributed by atoms with Gasteiger partial charge >= 0.3 is 0 Å². The van der Waals surface area contributed by atoms with Gasteiger partial charge in [0.1, 0.15) is 11.5 Å². The maximum atomic E-state index is 7.11. The van der Waals surface area contributed by atoms with Gasteiger partial charge in [-0.15, -0.1) is 0 Å². The average molecular weight is 844 g/mol. The van der Waals surface area contributed by atoms with Crippen molar-refractivity contribution in [2.45, 2.75) is 24.7 Å². The van der Waals surface area contributed by atoms with Gasteiger partial charge in [-0.2, -0.15) is 0 Å². The molecule has 0 bridgehead atoms. The first-order valence-corrected chi connectivity index (χ1v) is 23.0. The van der Waals surface area contributed by atoms with Crippen LogP contribution in [-0.4, -0.2) is 0 Å². The molecule has 0 fully saturated rings. The first kappa shape index (κ1) is 38.3. The van der Waals surface area contributed by atoms with Crippen molar-refractivity contribution < 1.29 is 4.74 Å². The Morgan fingerprint density at radius 3 is 1.41 bits per heavy atom. The van der Waals surface area contributed by atoms with Crippen molar-refractivity contribution in [2.75, 3.05) is 4.90 Å². The molecule has 2 heteroatoms. The van der Waals surface area contributed by atoms with Crippen LogP contribution in [0.25, 0.3) is 55.6 Å². The second-order valence-electron chi connectivity index (χ2n) is 18.4. The summed E-state index contributed by atoms with van der Waals surface area (Å²) >= 11 is 0. The summed E-state index contributed by atoms with van der Waals surface area (Å²) in [6.07, 6.45) is 0. The van der Waals surface area contributed by atoms with Gasteiger partial charge in [0, 0.05) is 33.5 Å². The van der Waals surface area contributed by atoms with Gasteiger partial charge in [-0.25, -0.2) is 0 Å². The molecule has 10 aromatic carbocycles. The van der Waals surface area contributed by atoms with E-state index in [4.69, 9.17) is 4.74 Å². The van der Waals surface area contributed by atoms with Crippen LogP contribution in [-0.2, 0) is 10.8 Å². The van der Waals surface area contributed by atoms with Gasteiger partial charge in [0.15, 0.2) is 0 Å². The number of rotatable bonds is 6. The predicted octanol–water partition coefficient (Wildman–Crippen LogP) is 16.9. The maximum absolute atomic E-state index is 7.11. The van der Waals surface area contributed by atoms with Crippen molar-refractivity contribution in [1.82, 2.24) is 0 Å². The fourth-order valence-electron chi connectivity index (χ4n) is 11.6. The number of hydrogen-bond acceptors (Lipinski definition) is 2. The van der Waals surface area contributed by atoms with E-state index in [9.17, 15) is 0 Å². The molecule has 2 nitrogen and oxygen atoms in total. The average Bonchev–Trinajstić information content (AvgIpc) is 3.79. The smallest absolute Gasteiger partial charge is 0.132 e. The first-order valence-electron chi connectivity index (χ1n) is 23.0. The molecule has 2 aliphatic carbocycles. The van der Waals surface area contributed by atoms with Crippen LogP contribution in [0.4, 0.5) is 17.1 Å². The second-order valence-corrected chi connectivity index (χ2v) is 18.4. The molecule has 0 saturated heterocycles. The minimum absolute atomic E-state index is 0.166. The third kappa shape index (κ3) is 5.55. The lowest BCUT2D eigenvalue weighted by atomic mass is 9.65. The third-order valence-corrected chi connectivity index (χ3v) is 14.5. The molecule has 3 aliphatic rings. The summed E-state index contributed by atoms with van der Waals surface area (Å²) in [6, 6.07) is 86.9. The number of ether oxygens (including phenoxy) is 1. The van der Waals surface area contributed by atoms with Crippen molar-refractivity contribution in [1.29, 1.82) is 0 Å². The largest absolute Gasteiger partial charge is 0.457 e. The quantitative estimate of drug-likeness (QED) is 0.165. The maximum Gasteiger partial charge on any atom is 0.132 e.